The van der Waals surface area contributed by atoms with Crippen LogP contribution < -0.4 is 14.2 Å². The van der Waals surface area contributed by atoms with Gasteiger partial charge < -0.3 is 9.64 Å². The van der Waals surface area contributed by atoms with Crippen LogP contribution in [0, 0.1) is 0 Å². The van der Waals surface area contributed by atoms with Crippen LogP contribution in [0.4, 0.5) is 5.82 Å². The highest BCUT2D eigenvalue weighted by molar-refractivity contribution is 5.93. The number of Topliss-reactive ketones (excluding diaryl/α,β-unsaturated/α-hetero) is 1. The second-order valence-corrected chi connectivity index (χ2v) is 8.28. The van der Waals surface area contributed by atoms with Crippen molar-refractivity contribution in [3.05, 3.63) is 48.4 Å². The number of anilines is 1. The second kappa shape index (κ2) is 11.7. The van der Waals surface area contributed by atoms with Crippen LogP contribution in [0.25, 0.3) is 0 Å². The third-order valence-corrected chi connectivity index (χ3v) is 5.95. The Bertz CT molecular complexity index is 766. The van der Waals surface area contributed by atoms with Crippen molar-refractivity contribution in [2.75, 3.05) is 24.6 Å². The van der Waals surface area contributed by atoms with Gasteiger partial charge in [-0.3, -0.25) is 4.79 Å². The summed E-state index contributed by atoms with van der Waals surface area (Å²) in [6.07, 6.45) is 15.9. The molecule has 0 aromatic carbocycles. The maximum atomic E-state index is 11.4. The van der Waals surface area contributed by atoms with E-state index < -0.39 is 0 Å². The number of pyridine rings is 2. The minimum atomic E-state index is 0.0589. The van der Waals surface area contributed by atoms with Gasteiger partial charge in [0.05, 0.1) is 6.61 Å². The number of piperidine rings is 1. The average molecular weight is 411 g/mol. The lowest BCUT2D eigenvalue weighted by Crippen LogP contribution is -2.46. The topological polar surface area (TPSA) is 46.3 Å². The molecule has 0 saturated carbocycles. The van der Waals surface area contributed by atoms with Crippen LogP contribution >= 0.6 is 0 Å². The van der Waals surface area contributed by atoms with Crippen LogP contribution in [0.3, 0.4) is 0 Å². The predicted octanol–water partition coefficient (Wildman–Crippen LogP) is 5.15. The summed E-state index contributed by atoms with van der Waals surface area (Å²) >= 11 is 0. The normalized spacial score (nSPS) is 14.7. The number of unbranched alkanes of at least 4 members (excludes halogenated alkanes) is 5. The summed E-state index contributed by atoms with van der Waals surface area (Å²) in [5.41, 5.74) is 0.669. The van der Waals surface area contributed by atoms with Crippen molar-refractivity contribution < 1.29 is 14.1 Å². The molecule has 1 fully saturated rings. The molecule has 5 heteroatoms. The Morgan fingerprint density at radius 1 is 1.07 bits per heavy atom. The summed E-state index contributed by atoms with van der Waals surface area (Å²) in [6.45, 7) is 6.58. The number of hydrogen-bond acceptors (Lipinski definition) is 4. The van der Waals surface area contributed by atoms with Gasteiger partial charge in [-0.2, -0.15) is 0 Å². The summed E-state index contributed by atoms with van der Waals surface area (Å²) in [4.78, 5) is 18.2. The van der Waals surface area contributed by atoms with Gasteiger partial charge in [0.2, 0.25) is 0 Å². The molecule has 1 saturated heterocycles. The van der Waals surface area contributed by atoms with E-state index in [9.17, 15) is 4.79 Å². The van der Waals surface area contributed by atoms with E-state index in [2.05, 4.69) is 45.9 Å². The lowest BCUT2D eigenvalue weighted by atomic mass is 10.0. The van der Waals surface area contributed by atoms with Gasteiger partial charge in [0.25, 0.3) is 0 Å². The monoisotopic (exact) mass is 410 g/mol. The number of ketones is 1. The summed E-state index contributed by atoms with van der Waals surface area (Å²) in [7, 11) is 0. The molecule has 0 radical (unpaired) electrons. The molecule has 5 nitrogen and oxygen atoms in total. The number of carbonyl (C=O) groups excluding carboxylic acids is 1. The molecule has 1 aliphatic rings. The van der Waals surface area contributed by atoms with Gasteiger partial charge in [0.15, 0.2) is 24.2 Å². The number of nitrogens with zero attached hydrogens (tertiary/aromatic N) is 3. The molecule has 0 bridgehead atoms. The van der Waals surface area contributed by atoms with Crippen molar-refractivity contribution >= 4 is 11.6 Å². The molecule has 0 spiro atoms. The standard InChI is InChI=1S/C25H36N3O2/c1-3-4-5-6-7-8-19-30-24-13-17-27(18-14-24)23-11-15-28(16-12-23)25-10-9-22(20-26-25)21(2)29/h9-10,13-14,17-18,20,23H,3-8,11-12,15-16,19H2,1-2H3/q+1. The molecule has 3 rings (SSSR count). The van der Waals surface area contributed by atoms with Crippen LogP contribution in [0.15, 0.2) is 42.9 Å². The van der Waals surface area contributed by atoms with Gasteiger partial charge in [-0.05, 0) is 25.5 Å². The Kier molecular flexibility index (Phi) is 8.66. The molecular formula is C25H36N3O2+. The molecule has 3 heterocycles. The fourth-order valence-corrected chi connectivity index (χ4v) is 4.01. The van der Waals surface area contributed by atoms with E-state index in [0.29, 0.717) is 11.6 Å². The van der Waals surface area contributed by atoms with Crippen molar-refractivity contribution in [3.8, 4) is 5.75 Å². The van der Waals surface area contributed by atoms with Gasteiger partial charge in [0, 0.05) is 49.8 Å². The number of rotatable bonds is 11. The Labute approximate surface area is 181 Å². The lowest BCUT2D eigenvalue weighted by molar-refractivity contribution is -0.724. The maximum Gasteiger partial charge on any atom is 0.172 e. The Morgan fingerprint density at radius 3 is 2.40 bits per heavy atom. The van der Waals surface area contributed by atoms with Gasteiger partial charge in [-0.15, -0.1) is 0 Å². The zero-order valence-corrected chi connectivity index (χ0v) is 18.6. The van der Waals surface area contributed by atoms with Gasteiger partial charge in [-0.1, -0.05) is 39.0 Å². The van der Waals surface area contributed by atoms with E-state index in [4.69, 9.17) is 4.74 Å². The fourth-order valence-electron chi connectivity index (χ4n) is 4.01. The van der Waals surface area contributed by atoms with Gasteiger partial charge >= 0.3 is 0 Å². The number of ether oxygens (including phenoxy) is 1. The molecule has 2 aromatic rings. The molecule has 1 aliphatic heterocycles. The van der Waals surface area contributed by atoms with E-state index in [1.165, 1.54) is 32.1 Å². The van der Waals surface area contributed by atoms with E-state index in [-0.39, 0.29) is 5.78 Å². The quantitative estimate of drug-likeness (QED) is 0.292. The predicted molar refractivity (Wildman–Crippen MR) is 120 cm³/mol. The first-order valence-electron chi connectivity index (χ1n) is 11.5. The Balaban J connectivity index is 1.40. The van der Waals surface area contributed by atoms with E-state index in [1.807, 2.05) is 12.1 Å². The van der Waals surface area contributed by atoms with Crippen LogP contribution in [-0.2, 0) is 0 Å². The van der Waals surface area contributed by atoms with Gasteiger partial charge in [-0.25, -0.2) is 9.55 Å². The highest BCUT2D eigenvalue weighted by Crippen LogP contribution is 2.22. The summed E-state index contributed by atoms with van der Waals surface area (Å²) < 4.78 is 8.21. The van der Waals surface area contributed by atoms with Crippen LogP contribution in [0.5, 0.6) is 5.75 Å². The molecule has 2 aromatic heterocycles. The third kappa shape index (κ3) is 6.54. The maximum absolute atomic E-state index is 11.4. The van der Waals surface area contributed by atoms with Crippen molar-refractivity contribution in [1.82, 2.24) is 4.98 Å². The lowest BCUT2D eigenvalue weighted by Gasteiger charge is -2.30. The summed E-state index contributed by atoms with van der Waals surface area (Å²) in [6, 6.07) is 8.51. The van der Waals surface area contributed by atoms with Crippen LogP contribution in [0.2, 0.25) is 0 Å². The molecular weight excluding hydrogens is 374 g/mol. The van der Waals surface area contributed by atoms with E-state index in [0.717, 1.165) is 50.5 Å². The first kappa shape index (κ1) is 22.3. The molecule has 0 unspecified atom stereocenters. The summed E-state index contributed by atoms with van der Waals surface area (Å²) in [5.74, 6) is 1.98. The average Bonchev–Trinajstić information content (AvgIpc) is 2.79. The minimum absolute atomic E-state index is 0.0589. The molecule has 0 aliphatic carbocycles. The molecule has 30 heavy (non-hydrogen) atoms. The first-order chi connectivity index (χ1) is 14.7. The third-order valence-electron chi connectivity index (χ3n) is 5.95. The Hall–Kier alpha value is -2.43. The largest absolute Gasteiger partial charge is 0.493 e. The number of hydrogen-bond donors (Lipinski definition) is 0. The van der Waals surface area contributed by atoms with Crippen molar-refractivity contribution in [1.29, 1.82) is 0 Å². The number of carbonyl (C=O) groups is 1. The highest BCUT2D eigenvalue weighted by atomic mass is 16.5. The van der Waals surface area contributed by atoms with Crippen LogP contribution in [0.1, 0.15) is 81.6 Å². The van der Waals surface area contributed by atoms with Crippen LogP contribution in [-0.4, -0.2) is 30.5 Å². The van der Waals surface area contributed by atoms with Crippen molar-refractivity contribution in [2.45, 2.75) is 71.3 Å². The Morgan fingerprint density at radius 2 is 1.77 bits per heavy atom. The van der Waals surface area contributed by atoms with Crippen molar-refractivity contribution in [2.24, 2.45) is 0 Å². The molecule has 162 valence electrons. The molecule has 0 N–H and O–H groups in total. The fraction of sp³-hybridized carbons (Fsp3) is 0.560. The highest BCUT2D eigenvalue weighted by Gasteiger charge is 2.26. The minimum Gasteiger partial charge on any atom is -0.493 e. The molecule has 0 atom stereocenters. The summed E-state index contributed by atoms with van der Waals surface area (Å²) in [5, 5.41) is 0. The zero-order valence-electron chi connectivity index (χ0n) is 18.6. The van der Waals surface area contributed by atoms with Crippen molar-refractivity contribution in [3.63, 3.8) is 0 Å². The van der Waals surface area contributed by atoms with Gasteiger partial charge in [0.1, 0.15) is 11.6 Å². The molecule has 0 amide bonds. The zero-order chi connectivity index (χ0) is 21.2. The SMILES string of the molecule is CCCCCCCCOc1cc[n+](C2CCN(c3ccc(C(C)=O)cn3)CC2)cc1. The van der Waals surface area contributed by atoms with E-state index in [1.54, 1.807) is 13.1 Å². The van der Waals surface area contributed by atoms with E-state index >= 15 is 0 Å². The first-order valence-corrected chi connectivity index (χ1v) is 11.5. The number of aromatic nitrogens is 2. The smallest absolute Gasteiger partial charge is 0.172 e. The second-order valence-electron chi connectivity index (χ2n) is 8.28.